The minimum Gasteiger partial charge on any atom is -0.379 e. The number of nitrogens with one attached hydrogen (secondary N) is 1. The summed E-state index contributed by atoms with van der Waals surface area (Å²) in [6.45, 7) is 16.3. The second-order valence-corrected chi connectivity index (χ2v) is 5.58. The zero-order valence-electron chi connectivity index (χ0n) is 11.4. The SMILES string of the molecule is CCNCC(CCOC(C)C)C(C)(C)C. The van der Waals surface area contributed by atoms with E-state index in [0.29, 0.717) is 17.4 Å². The quantitative estimate of drug-likeness (QED) is 0.704. The summed E-state index contributed by atoms with van der Waals surface area (Å²) in [5.74, 6) is 0.691. The van der Waals surface area contributed by atoms with Crippen LogP contribution in [0, 0.1) is 11.3 Å². The highest BCUT2D eigenvalue weighted by atomic mass is 16.5. The van der Waals surface area contributed by atoms with Crippen LogP contribution in [0.4, 0.5) is 0 Å². The second kappa shape index (κ2) is 7.24. The van der Waals surface area contributed by atoms with Gasteiger partial charge in [-0.15, -0.1) is 0 Å². The van der Waals surface area contributed by atoms with E-state index in [2.05, 4.69) is 46.9 Å². The summed E-state index contributed by atoms with van der Waals surface area (Å²) in [7, 11) is 0. The van der Waals surface area contributed by atoms with Gasteiger partial charge in [0.15, 0.2) is 0 Å². The van der Waals surface area contributed by atoms with Crippen LogP contribution in [0.15, 0.2) is 0 Å². The first kappa shape index (κ1) is 14.9. The van der Waals surface area contributed by atoms with Gasteiger partial charge >= 0.3 is 0 Å². The van der Waals surface area contributed by atoms with Gasteiger partial charge in [0.05, 0.1) is 6.10 Å². The Morgan fingerprint density at radius 2 is 1.80 bits per heavy atom. The van der Waals surface area contributed by atoms with Gasteiger partial charge in [-0.25, -0.2) is 0 Å². The third-order valence-electron chi connectivity index (χ3n) is 2.78. The molecule has 15 heavy (non-hydrogen) atoms. The highest BCUT2D eigenvalue weighted by Crippen LogP contribution is 2.28. The van der Waals surface area contributed by atoms with Gasteiger partial charge in [-0.2, -0.15) is 0 Å². The third-order valence-corrected chi connectivity index (χ3v) is 2.78. The summed E-state index contributed by atoms with van der Waals surface area (Å²) in [6.07, 6.45) is 1.50. The third kappa shape index (κ3) is 7.80. The molecule has 1 atom stereocenters. The van der Waals surface area contributed by atoms with E-state index < -0.39 is 0 Å². The molecule has 0 aromatic heterocycles. The molecular weight excluding hydrogens is 186 g/mol. The van der Waals surface area contributed by atoms with Crippen LogP contribution in [0.25, 0.3) is 0 Å². The average Bonchev–Trinajstić information content (AvgIpc) is 2.08. The average molecular weight is 215 g/mol. The first-order chi connectivity index (χ1) is 6.88. The van der Waals surface area contributed by atoms with E-state index in [4.69, 9.17) is 4.74 Å². The smallest absolute Gasteiger partial charge is 0.0518 e. The first-order valence-corrected chi connectivity index (χ1v) is 6.20. The minimum atomic E-state index is 0.352. The number of hydrogen-bond acceptors (Lipinski definition) is 2. The van der Waals surface area contributed by atoms with E-state index in [0.717, 1.165) is 26.1 Å². The molecule has 0 amide bonds. The van der Waals surface area contributed by atoms with Crippen LogP contribution in [0.5, 0.6) is 0 Å². The topological polar surface area (TPSA) is 21.3 Å². The Hall–Kier alpha value is -0.0800. The lowest BCUT2D eigenvalue weighted by atomic mass is 9.79. The lowest BCUT2D eigenvalue weighted by Gasteiger charge is -2.31. The summed E-state index contributed by atoms with van der Waals surface area (Å²) in [4.78, 5) is 0. The normalized spacial score (nSPS) is 14.6. The van der Waals surface area contributed by atoms with E-state index in [-0.39, 0.29) is 0 Å². The van der Waals surface area contributed by atoms with E-state index in [1.165, 1.54) is 0 Å². The van der Waals surface area contributed by atoms with Gasteiger partial charge < -0.3 is 10.1 Å². The molecule has 2 heteroatoms. The molecule has 1 N–H and O–H groups in total. The molecular formula is C13H29NO. The molecule has 0 saturated carbocycles. The summed E-state index contributed by atoms with van der Waals surface area (Å²) < 4.78 is 5.62. The summed E-state index contributed by atoms with van der Waals surface area (Å²) >= 11 is 0. The van der Waals surface area contributed by atoms with Crippen molar-refractivity contribution in [2.45, 2.75) is 54.1 Å². The molecule has 0 spiro atoms. The van der Waals surface area contributed by atoms with Crippen molar-refractivity contribution >= 4 is 0 Å². The van der Waals surface area contributed by atoms with Crippen molar-refractivity contribution < 1.29 is 4.74 Å². The molecule has 0 heterocycles. The van der Waals surface area contributed by atoms with E-state index in [1.54, 1.807) is 0 Å². The van der Waals surface area contributed by atoms with Gasteiger partial charge in [-0.3, -0.25) is 0 Å². The number of hydrogen-bond donors (Lipinski definition) is 1. The van der Waals surface area contributed by atoms with Crippen LogP contribution >= 0.6 is 0 Å². The Morgan fingerprint density at radius 1 is 1.20 bits per heavy atom. The maximum Gasteiger partial charge on any atom is 0.0518 e. The molecule has 1 unspecified atom stereocenters. The lowest BCUT2D eigenvalue weighted by molar-refractivity contribution is 0.0548. The molecule has 0 aliphatic heterocycles. The molecule has 0 rings (SSSR count). The fraction of sp³-hybridized carbons (Fsp3) is 1.00. The van der Waals surface area contributed by atoms with Crippen molar-refractivity contribution in [2.75, 3.05) is 19.7 Å². The van der Waals surface area contributed by atoms with Crippen molar-refractivity contribution in [3.05, 3.63) is 0 Å². The molecule has 0 saturated heterocycles. The van der Waals surface area contributed by atoms with E-state index in [9.17, 15) is 0 Å². The Balaban J connectivity index is 3.91. The summed E-state index contributed by atoms with van der Waals surface area (Å²) in [6, 6.07) is 0. The first-order valence-electron chi connectivity index (χ1n) is 6.20. The second-order valence-electron chi connectivity index (χ2n) is 5.58. The largest absolute Gasteiger partial charge is 0.379 e. The van der Waals surface area contributed by atoms with Gasteiger partial charge in [0.1, 0.15) is 0 Å². The van der Waals surface area contributed by atoms with Gasteiger partial charge in [0.25, 0.3) is 0 Å². The Labute approximate surface area is 95.8 Å². The standard InChI is InChI=1S/C13H29NO/c1-7-14-10-12(13(4,5)6)8-9-15-11(2)3/h11-12,14H,7-10H2,1-6H3. The monoisotopic (exact) mass is 215 g/mol. The maximum absolute atomic E-state index is 5.62. The highest BCUT2D eigenvalue weighted by Gasteiger charge is 2.23. The Kier molecular flexibility index (Phi) is 7.20. The molecule has 0 aromatic carbocycles. The van der Waals surface area contributed by atoms with Crippen molar-refractivity contribution in [2.24, 2.45) is 11.3 Å². The highest BCUT2D eigenvalue weighted by molar-refractivity contribution is 4.75. The zero-order chi connectivity index (χ0) is 11.9. The summed E-state index contributed by atoms with van der Waals surface area (Å²) in [5.41, 5.74) is 0.364. The Bertz CT molecular complexity index is 149. The van der Waals surface area contributed by atoms with Crippen LogP contribution in [-0.4, -0.2) is 25.8 Å². The predicted octanol–water partition coefficient (Wildman–Crippen LogP) is 3.07. The molecule has 0 aliphatic rings. The maximum atomic E-state index is 5.62. The molecule has 92 valence electrons. The minimum absolute atomic E-state index is 0.352. The van der Waals surface area contributed by atoms with E-state index in [1.807, 2.05) is 0 Å². The van der Waals surface area contributed by atoms with Crippen LogP contribution < -0.4 is 5.32 Å². The van der Waals surface area contributed by atoms with Crippen LogP contribution in [0.1, 0.15) is 48.0 Å². The fourth-order valence-corrected chi connectivity index (χ4v) is 1.61. The Morgan fingerprint density at radius 3 is 2.20 bits per heavy atom. The van der Waals surface area contributed by atoms with Gasteiger partial charge in [0.2, 0.25) is 0 Å². The van der Waals surface area contributed by atoms with E-state index >= 15 is 0 Å². The zero-order valence-corrected chi connectivity index (χ0v) is 11.4. The number of rotatable bonds is 7. The van der Waals surface area contributed by atoms with Gasteiger partial charge in [0, 0.05) is 6.61 Å². The van der Waals surface area contributed by atoms with Gasteiger partial charge in [-0.05, 0) is 44.7 Å². The van der Waals surface area contributed by atoms with Crippen LogP contribution in [0.2, 0.25) is 0 Å². The van der Waals surface area contributed by atoms with Crippen molar-refractivity contribution in [3.63, 3.8) is 0 Å². The predicted molar refractivity (Wildman–Crippen MR) is 67.2 cm³/mol. The van der Waals surface area contributed by atoms with Crippen LogP contribution in [0.3, 0.4) is 0 Å². The lowest BCUT2D eigenvalue weighted by Crippen LogP contribution is -2.32. The fourth-order valence-electron chi connectivity index (χ4n) is 1.61. The molecule has 0 aliphatic carbocycles. The molecule has 0 aromatic rings. The molecule has 0 bridgehead atoms. The number of ether oxygens (including phenoxy) is 1. The molecule has 2 nitrogen and oxygen atoms in total. The summed E-state index contributed by atoms with van der Waals surface area (Å²) in [5, 5.41) is 3.44. The molecule has 0 radical (unpaired) electrons. The van der Waals surface area contributed by atoms with Crippen molar-refractivity contribution in [1.29, 1.82) is 0 Å². The van der Waals surface area contributed by atoms with Gasteiger partial charge in [-0.1, -0.05) is 27.7 Å². The van der Waals surface area contributed by atoms with Crippen molar-refractivity contribution in [3.8, 4) is 0 Å². The molecule has 0 fully saturated rings. The van der Waals surface area contributed by atoms with Crippen molar-refractivity contribution in [1.82, 2.24) is 5.32 Å². The van der Waals surface area contributed by atoms with Crippen LogP contribution in [-0.2, 0) is 4.74 Å².